The summed E-state index contributed by atoms with van der Waals surface area (Å²) in [6.45, 7) is 0. The minimum Gasteiger partial charge on any atom is -0.350 e. The zero-order chi connectivity index (χ0) is 21.8. The Bertz CT molecular complexity index is 891. The van der Waals surface area contributed by atoms with Gasteiger partial charge in [0.05, 0.1) is 0 Å². The zero-order valence-corrected chi connectivity index (χ0v) is 16.8. The molecule has 2 atom stereocenters. The van der Waals surface area contributed by atoms with Crippen molar-refractivity contribution in [3.8, 4) is 0 Å². The molecular weight excluding hydrogens is 419 g/mol. The first-order valence-electron chi connectivity index (χ1n) is 9.48. The molecule has 5 nitrogen and oxygen atoms in total. The number of carbonyl (C=O) groups is 2. The molecule has 3 rings (SSSR count). The predicted octanol–water partition coefficient (Wildman–Crippen LogP) is 4.13. The number of rotatable bonds is 7. The Morgan fingerprint density at radius 3 is 2.57 bits per heavy atom. The summed E-state index contributed by atoms with van der Waals surface area (Å²) in [5.41, 5.74) is 0.110. The van der Waals surface area contributed by atoms with E-state index >= 15 is 0 Å². The lowest BCUT2D eigenvalue weighted by Gasteiger charge is -2.30. The molecule has 30 heavy (non-hydrogen) atoms. The maximum absolute atomic E-state index is 13.4. The van der Waals surface area contributed by atoms with Crippen LogP contribution in [0.4, 0.5) is 13.2 Å². The summed E-state index contributed by atoms with van der Waals surface area (Å²) in [6, 6.07) is 7.64. The number of carbonyl (C=O) groups excluding carboxylic acids is 2. The topological polar surface area (TPSA) is 71.1 Å². The summed E-state index contributed by atoms with van der Waals surface area (Å²) >= 11 is 5.91. The lowest BCUT2D eigenvalue weighted by Crippen LogP contribution is -2.45. The van der Waals surface area contributed by atoms with Crippen LogP contribution in [0.1, 0.15) is 42.9 Å². The van der Waals surface area contributed by atoms with Gasteiger partial charge in [0.1, 0.15) is 0 Å². The number of benzene rings is 1. The average Bonchev–Trinajstić information content (AvgIpc) is 3.07. The number of halogens is 4. The number of nitrogens with zero attached hydrogens (tertiary/aromatic N) is 1. The van der Waals surface area contributed by atoms with Gasteiger partial charge in [-0.3, -0.25) is 14.6 Å². The van der Waals surface area contributed by atoms with Crippen molar-refractivity contribution in [3.63, 3.8) is 0 Å². The van der Waals surface area contributed by atoms with Gasteiger partial charge in [-0.05, 0) is 43.0 Å². The smallest absolute Gasteiger partial charge is 0.350 e. The Hall–Kier alpha value is -2.61. The number of pyridine rings is 1. The number of aromatic nitrogens is 1. The van der Waals surface area contributed by atoms with Gasteiger partial charge in [-0.2, -0.15) is 13.2 Å². The monoisotopic (exact) mass is 439 g/mol. The Balaban J connectivity index is 1.68. The normalized spacial score (nSPS) is 19.9. The van der Waals surface area contributed by atoms with E-state index in [9.17, 15) is 22.8 Å². The molecule has 0 bridgehead atoms. The maximum atomic E-state index is 13.4. The van der Waals surface area contributed by atoms with Crippen LogP contribution in [0.3, 0.4) is 0 Å². The molecule has 1 saturated heterocycles. The molecule has 1 fully saturated rings. The second-order valence-electron chi connectivity index (χ2n) is 7.46. The van der Waals surface area contributed by atoms with Gasteiger partial charge in [0, 0.05) is 41.4 Å². The molecule has 2 aromatic rings. The zero-order valence-electron chi connectivity index (χ0n) is 16.0. The Morgan fingerprint density at radius 1 is 1.27 bits per heavy atom. The highest BCUT2D eigenvalue weighted by Gasteiger charge is 2.43. The highest BCUT2D eigenvalue weighted by Crippen LogP contribution is 2.33. The quantitative estimate of drug-likeness (QED) is 0.681. The average molecular weight is 440 g/mol. The Labute approximate surface area is 177 Å². The second-order valence-corrected chi connectivity index (χ2v) is 7.90. The van der Waals surface area contributed by atoms with E-state index in [1.54, 1.807) is 12.1 Å². The van der Waals surface area contributed by atoms with E-state index in [4.69, 9.17) is 11.6 Å². The Morgan fingerprint density at radius 2 is 2.00 bits per heavy atom. The summed E-state index contributed by atoms with van der Waals surface area (Å²) in [7, 11) is 0. The lowest BCUT2D eigenvalue weighted by molar-refractivity contribution is -0.163. The third-order valence-corrected chi connectivity index (χ3v) is 5.42. The number of hydrogen-bond acceptors (Lipinski definition) is 3. The second kappa shape index (κ2) is 9.04. The third kappa shape index (κ3) is 5.72. The molecule has 0 saturated carbocycles. The molecule has 2 N–H and O–H groups in total. The van der Waals surface area contributed by atoms with Crippen LogP contribution in [-0.4, -0.2) is 28.5 Å². The lowest BCUT2D eigenvalue weighted by atomic mass is 9.85. The van der Waals surface area contributed by atoms with E-state index in [1.165, 1.54) is 18.3 Å². The fourth-order valence-corrected chi connectivity index (χ4v) is 3.79. The standard InChI is InChI=1S/C21H21ClF3N3O2/c22-16-5-3-14(4-6-16)12-20(10-8-18(30)28-20)9-7-17(29)27-19(21(23,24)25)15-2-1-11-26-13-15/h1-6,11,13,19H,7-10,12H2,(H,27,29)(H,28,30)/t19-,20-/m1/s1. The molecule has 160 valence electrons. The van der Waals surface area contributed by atoms with E-state index < -0.39 is 23.7 Å². The fourth-order valence-electron chi connectivity index (χ4n) is 3.66. The van der Waals surface area contributed by atoms with Crippen LogP contribution in [0.2, 0.25) is 5.02 Å². The first-order chi connectivity index (χ1) is 14.2. The molecule has 0 aliphatic carbocycles. The van der Waals surface area contributed by atoms with E-state index in [0.717, 1.165) is 11.8 Å². The third-order valence-electron chi connectivity index (χ3n) is 5.17. The van der Waals surface area contributed by atoms with Crippen LogP contribution in [-0.2, 0) is 16.0 Å². The van der Waals surface area contributed by atoms with Crippen molar-refractivity contribution in [3.05, 3.63) is 64.9 Å². The number of nitrogens with one attached hydrogen (secondary N) is 2. The van der Waals surface area contributed by atoms with Crippen molar-refractivity contribution in [2.24, 2.45) is 0 Å². The van der Waals surface area contributed by atoms with Crippen molar-refractivity contribution >= 4 is 23.4 Å². The molecule has 1 aliphatic heterocycles. The van der Waals surface area contributed by atoms with Crippen molar-refractivity contribution in [2.75, 3.05) is 0 Å². The van der Waals surface area contributed by atoms with Gasteiger partial charge < -0.3 is 10.6 Å². The highest BCUT2D eigenvalue weighted by molar-refractivity contribution is 6.30. The van der Waals surface area contributed by atoms with Gasteiger partial charge in [-0.25, -0.2) is 0 Å². The largest absolute Gasteiger partial charge is 0.412 e. The van der Waals surface area contributed by atoms with E-state index in [0.29, 0.717) is 24.3 Å². The van der Waals surface area contributed by atoms with Gasteiger partial charge in [-0.1, -0.05) is 29.8 Å². The molecule has 1 aromatic carbocycles. The molecule has 2 heterocycles. The predicted molar refractivity (Wildman–Crippen MR) is 106 cm³/mol. The summed E-state index contributed by atoms with van der Waals surface area (Å²) in [5, 5.41) is 5.56. The first kappa shape index (κ1) is 22.1. The first-order valence-corrected chi connectivity index (χ1v) is 9.86. The van der Waals surface area contributed by atoms with Crippen LogP contribution in [0.25, 0.3) is 0 Å². The maximum Gasteiger partial charge on any atom is 0.412 e. The number of alkyl halides is 3. The minimum atomic E-state index is -4.65. The SMILES string of the molecule is O=C(CC[C@]1(Cc2ccc(Cl)cc2)CCC(=O)N1)N[C@H](c1cccnc1)C(F)(F)F. The fraction of sp³-hybridized carbons (Fsp3) is 0.381. The molecule has 1 aliphatic rings. The molecule has 9 heteroatoms. The van der Waals surface area contributed by atoms with Crippen molar-refractivity contribution < 1.29 is 22.8 Å². The summed E-state index contributed by atoms with van der Waals surface area (Å²) in [4.78, 5) is 27.9. The van der Waals surface area contributed by atoms with Crippen LogP contribution in [0.15, 0.2) is 48.8 Å². The summed E-state index contributed by atoms with van der Waals surface area (Å²) in [5.74, 6) is -0.870. The minimum absolute atomic E-state index is 0.132. The van der Waals surface area contributed by atoms with E-state index in [-0.39, 0.29) is 24.3 Å². The van der Waals surface area contributed by atoms with Gasteiger partial charge in [-0.15, -0.1) is 0 Å². The number of amides is 2. The van der Waals surface area contributed by atoms with Gasteiger partial charge in [0.15, 0.2) is 6.04 Å². The molecule has 0 radical (unpaired) electrons. The van der Waals surface area contributed by atoms with Gasteiger partial charge >= 0.3 is 6.18 Å². The highest BCUT2D eigenvalue weighted by atomic mass is 35.5. The van der Waals surface area contributed by atoms with Crippen molar-refractivity contribution in [2.45, 2.75) is 49.9 Å². The van der Waals surface area contributed by atoms with Crippen LogP contribution in [0, 0.1) is 0 Å². The number of hydrogen-bond donors (Lipinski definition) is 2. The Kier molecular flexibility index (Phi) is 6.65. The van der Waals surface area contributed by atoms with Crippen molar-refractivity contribution in [1.82, 2.24) is 15.6 Å². The molecule has 0 spiro atoms. The molecular formula is C21H21ClF3N3O2. The van der Waals surface area contributed by atoms with E-state index in [1.807, 2.05) is 12.1 Å². The van der Waals surface area contributed by atoms with E-state index in [2.05, 4.69) is 15.6 Å². The van der Waals surface area contributed by atoms with Crippen molar-refractivity contribution in [1.29, 1.82) is 0 Å². The summed E-state index contributed by atoms with van der Waals surface area (Å²) in [6.07, 6.45) is -0.843. The van der Waals surface area contributed by atoms with Crippen LogP contribution >= 0.6 is 11.6 Å². The van der Waals surface area contributed by atoms with Crippen LogP contribution < -0.4 is 10.6 Å². The molecule has 1 aromatic heterocycles. The van der Waals surface area contributed by atoms with Crippen LogP contribution in [0.5, 0.6) is 0 Å². The summed E-state index contributed by atoms with van der Waals surface area (Å²) < 4.78 is 40.3. The van der Waals surface area contributed by atoms with Gasteiger partial charge in [0.2, 0.25) is 11.8 Å². The van der Waals surface area contributed by atoms with Gasteiger partial charge in [0.25, 0.3) is 0 Å². The molecule has 0 unspecified atom stereocenters. The molecule has 2 amide bonds.